The zero-order valence-corrected chi connectivity index (χ0v) is 18.6. The summed E-state index contributed by atoms with van der Waals surface area (Å²) in [7, 11) is 1.38. The van der Waals surface area contributed by atoms with Gasteiger partial charge in [-0.2, -0.15) is 0 Å². The van der Waals surface area contributed by atoms with Crippen LogP contribution in [0.15, 0.2) is 42.7 Å². The Morgan fingerprint density at radius 1 is 1.17 bits per heavy atom. The van der Waals surface area contributed by atoms with Gasteiger partial charge in [-0.15, -0.1) is 11.3 Å². The van der Waals surface area contributed by atoms with Crippen LogP contribution in [0, 0.1) is 11.8 Å². The van der Waals surface area contributed by atoms with Crippen molar-refractivity contribution in [3.05, 3.63) is 58.2 Å². The fourth-order valence-corrected chi connectivity index (χ4v) is 4.53. The monoisotopic (exact) mass is 436 g/mol. The van der Waals surface area contributed by atoms with E-state index in [4.69, 9.17) is 9.72 Å². The third kappa shape index (κ3) is 4.22. The number of hydrogen-bond donors (Lipinski definition) is 1. The SMILES string of the molecule is COC(=O)c1cn2c(NC(C)(C)C)c(-c3ccc(C#Cc4ccccn4)s3)nc2s1. The number of nitrogens with zero attached hydrogens (tertiary/aromatic N) is 3. The molecule has 0 amide bonds. The highest BCUT2D eigenvalue weighted by atomic mass is 32.1. The van der Waals surface area contributed by atoms with Crippen LogP contribution in [0.25, 0.3) is 15.5 Å². The van der Waals surface area contributed by atoms with Crippen molar-refractivity contribution < 1.29 is 9.53 Å². The summed E-state index contributed by atoms with van der Waals surface area (Å²) in [5, 5.41) is 3.52. The summed E-state index contributed by atoms with van der Waals surface area (Å²) in [4.78, 5) is 24.1. The van der Waals surface area contributed by atoms with E-state index in [0.717, 1.165) is 31.9 Å². The number of hydrogen-bond acceptors (Lipinski definition) is 7. The van der Waals surface area contributed by atoms with E-state index in [9.17, 15) is 4.79 Å². The number of aromatic nitrogens is 3. The van der Waals surface area contributed by atoms with Crippen molar-refractivity contribution in [1.29, 1.82) is 0 Å². The average molecular weight is 437 g/mol. The van der Waals surface area contributed by atoms with Crippen LogP contribution in [0.3, 0.4) is 0 Å². The fourth-order valence-electron chi connectivity index (χ4n) is 2.78. The highest BCUT2D eigenvalue weighted by Gasteiger charge is 2.23. The fraction of sp³-hybridized carbons (Fsp3) is 0.227. The highest BCUT2D eigenvalue weighted by molar-refractivity contribution is 7.19. The van der Waals surface area contributed by atoms with Crippen molar-refractivity contribution in [2.75, 3.05) is 12.4 Å². The smallest absolute Gasteiger partial charge is 0.349 e. The van der Waals surface area contributed by atoms with E-state index in [0.29, 0.717) is 4.88 Å². The van der Waals surface area contributed by atoms with Crippen molar-refractivity contribution in [3.8, 4) is 22.4 Å². The van der Waals surface area contributed by atoms with Gasteiger partial charge in [-0.1, -0.05) is 17.4 Å². The van der Waals surface area contributed by atoms with Crippen molar-refractivity contribution in [2.45, 2.75) is 26.3 Å². The van der Waals surface area contributed by atoms with E-state index >= 15 is 0 Å². The zero-order valence-electron chi connectivity index (χ0n) is 17.0. The number of imidazole rings is 1. The van der Waals surface area contributed by atoms with E-state index < -0.39 is 0 Å². The molecule has 1 N–H and O–H groups in total. The molecule has 0 atom stereocenters. The van der Waals surface area contributed by atoms with Crippen LogP contribution in [0.4, 0.5) is 5.82 Å². The largest absolute Gasteiger partial charge is 0.465 e. The summed E-state index contributed by atoms with van der Waals surface area (Å²) in [6, 6.07) is 9.68. The maximum Gasteiger partial charge on any atom is 0.349 e. The normalized spacial score (nSPS) is 11.2. The quantitative estimate of drug-likeness (QED) is 0.365. The van der Waals surface area contributed by atoms with Gasteiger partial charge in [0.1, 0.15) is 22.1 Å². The van der Waals surface area contributed by atoms with Crippen LogP contribution >= 0.6 is 22.7 Å². The number of thiazole rings is 1. The Labute approximate surface area is 182 Å². The number of carbonyl (C=O) groups excluding carboxylic acids is 1. The molecule has 4 heterocycles. The molecule has 4 aromatic rings. The Morgan fingerprint density at radius 2 is 2.00 bits per heavy atom. The first kappa shape index (κ1) is 20.1. The number of carbonyl (C=O) groups is 1. The summed E-state index contributed by atoms with van der Waals surface area (Å²) >= 11 is 2.88. The number of pyridine rings is 1. The lowest BCUT2D eigenvalue weighted by molar-refractivity contribution is 0.0606. The topological polar surface area (TPSA) is 68.5 Å². The highest BCUT2D eigenvalue weighted by Crippen LogP contribution is 2.37. The van der Waals surface area contributed by atoms with Gasteiger partial charge in [-0.25, -0.2) is 14.8 Å². The predicted octanol–water partition coefficient (Wildman–Crippen LogP) is 4.92. The van der Waals surface area contributed by atoms with Crippen LogP contribution in [0.1, 0.15) is 41.0 Å². The van der Waals surface area contributed by atoms with Gasteiger partial charge in [0.15, 0.2) is 4.96 Å². The average Bonchev–Trinajstić information content (AvgIpc) is 3.41. The Morgan fingerprint density at radius 3 is 2.70 bits per heavy atom. The van der Waals surface area contributed by atoms with Crippen molar-refractivity contribution >= 4 is 39.4 Å². The van der Waals surface area contributed by atoms with Gasteiger partial charge in [-0.05, 0) is 56.9 Å². The molecular weight excluding hydrogens is 416 g/mol. The second-order valence-corrected chi connectivity index (χ2v) is 9.65. The van der Waals surface area contributed by atoms with E-state index in [2.05, 4.69) is 42.9 Å². The maximum atomic E-state index is 11.9. The number of thiophene rings is 1. The van der Waals surface area contributed by atoms with E-state index in [1.165, 1.54) is 18.4 Å². The van der Waals surface area contributed by atoms with Crippen molar-refractivity contribution in [1.82, 2.24) is 14.4 Å². The summed E-state index contributed by atoms with van der Waals surface area (Å²) < 4.78 is 6.76. The van der Waals surface area contributed by atoms with Crippen molar-refractivity contribution in [2.24, 2.45) is 0 Å². The summed E-state index contributed by atoms with van der Waals surface area (Å²) in [6.07, 6.45) is 3.50. The lowest BCUT2D eigenvalue weighted by Gasteiger charge is -2.22. The molecular formula is C22H20N4O2S2. The van der Waals surface area contributed by atoms with Crippen LogP contribution in [0.5, 0.6) is 0 Å². The molecule has 0 saturated carbocycles. The zero-order chi connectivity index (χ0) is 21.3. The minimum atomic E-state index is -0.364. The summed E-state index contributed by atoms with van der Waals surface area (Å²) in [5.41, 5.74) is 1.39. The lowest BCUT2D eigenvalue weighted by Crippen LogP contribution is -2.27. The molecule has 6 nitrogen and oxygen atoms in total. The van der Waals surface area contributed by atoms with Crippen LogP contribution in [0.2, 0.25) is 0 Å². The number of rotatable bonds is 3. The van der Waals surface area contributed by atoms with Crippen LogP contribution in [-0.4, -0.2) is 33.0 Å². The number of anilines is 1. The number of fused-ring (bicyclic) bond motifs is 1. The minimum Gasteiger partial charge on any atom is -0.465 e. The second-order valence-electron chi connectivity index (χ2n) is 7.55. The van der Waals surface area contributed by atoms with E-state index in [-0.39, 0.29) is 11.5 Å². The lowest BCUT2D eigenvalue weighted by atomic mass is 10.1. The first-order valence-electron chi connectivity index (χ1n) is 9.26. The Bertz CT molecular complexity index is 1270. The van der Waals surface area contributed by atoms with Gasteiger partial charge >= 0.3 is 5.97 Å². The third-order valence-electron chi connectivity index (χ3n) is 4.02. The molecule has 0 saturated heterocycles. The first-order chi connectivity index (χ1) is 14.3. The number of methoxy groups -OCH3 is 1. The Hall–Kier alpha value is -3.15. The Kier molecular flexibility index (Phi) is 5.33. The third-order valence-corrected chi connectivity index (χ3v) is 5.99. The van der Waals surface area contributed by atoms with Gasteiger partial charge in [-0.3, -0.25) is 4.40 Å². The molecule has 0 fully saturated rings. The maximum absolute atomic E-state index is 11.9. The molecule has 0 spiro atoms. The molecule has 4 rings (SSSR count). The molecule has 152 valence electrons. The summed E-state index contributed by atoms with van der Waals surface area (Å²) in [6.45, 7) is 6.26. The number of nitrogens with one attached hydrogen (secondary N) is 1. The number of esters is 1. The molecule has 30 heavy (non-hydrogen) atoms. The molecule has 0 aromatic carbocycles. The number of ether oxygens (including phenoxy) is 1. The molecule has 0 aliphatic rings. The minimum absolute atomic E-state index is 0.184. The van der Waals surface area contributed by atoms with Crippen LogP contribution < -0.4 is 5.32 Å². The van der Waals surface area contributed by atoms with Crippen molar-refractivity contribution in [3.63, 3.8) is 0 Å². The van der Waals surface area contributed by atoms with Gasteiger partial charge in [0.05, 0.1) is 16.9 Å². The Balaban J connectivity index is 1.74. The van der Waals surface area contributed by atoms with Gasteiger partial charge in [0.25, 0.3) is 0 Å². The second kappa shape index (κ2) is 7.94. The van der Waals surface area contributed by atoms with Gasteiger partial charge < -0.3 is 10.1 Å². The van der Waals surface area contributed by atoms with E-state index in [1.807, 2.05) is 34.7 Å². The first-order valence-corrected chi connectivity index (χ1v) is 10.9. The van der Waals surface area contributed by atoms with E-state index in [1.54, 1.807) is 23.7 Å². The standard InChI is InChI=1S/C22H20N4O2S2/c1-22(2,3)25-19-18(24-21-26(19)13-17(30-21)20(27)28-4)16-11-10-15(29-16)9-8-14-7-5-6-12-23-14/h5-7,10-13,25H,1-4H3. The molecule has 8 heteroatoms. The molecule has 0 aliphatic heterocycles. The van der Waals surface area contributed by atoms with Gasteiger partial charge in [0, 0.05) is 17.9 Å². The summed E-state index contributed by atoms with van der Waals surface area (Å²) in [5.74, 6) is 6.73. The predicted molar refractivity (Wildman–Crippen MR) is 121 cm³/mol. The molecule has 0 unspecified atom stereocenters. The van der Waals surface area contributed by atoms with Crippen LogP contribution in [-0.2, 0) is 4.74 Å². The molecule has 0 radical (unpaired) electrons. The van der Waals surface area contributed by atoms with Gasteiger partial charge in [0.2, 0.25) is 0 Å². The molecule has 4 aromatic heterocycles. The molecule has 0 bridgehead atoms. The molecule has 0 aliphatic carbocycles.